The molecular formula is C16H20BrN3. The van der Waals surface area contributed by atoms with E-state index < -0.39 is 0 Å². The number of benzene rings is 1. The van der Waals surface area contributed by atoms with Crippen molar-refractivity contribution in [1.29, 1.82) is 0 Å². The molecule has 1 aliphatic heterocycles. The minimum atomic E-state index is 0.362. The molecular weight excluding hydrogens is 314 g/mol. The molecule has 1 aliphatic rings. The van der Waals surface area contributed by atoms with Crippen LogP contribution in [0.4, 0.5) is 0 Å². The van der Waals surface area contributed by atoms with Gasteiger partial charge in [-0.05, 0) is 37.5 Å². The Bertz CT molecular complexity index is 614. The Hall–Kier alpha value is -0.970. The molecule has 3 nitrogen and oxygen atoms in total. The van der Waals surface area contributed by atoms with Gasteiger partial charge in [-0.15, -0.1) is 0 Å². The van der Waals surface area contributed by atoms with Crippen LogP contribution >= 0.6 is 15.9 Å². The summed E-state index contributed by atoms with van der Waals surface area (Å²) >= 11 is 3.61. The van der Waals surface area contributed by atoms with Crippen LogP contribution in [0.3, 0.4) is 0 Å². The van der Waals surface area contributed by atoms with Crippen molar-refractivity contribution in [2.24, 2.45) is 5.73 Å². The molecule has 1 aromatic heterocycles. The first-order chi connectivity index (χ1) is 9.65. The van der Waals surface area contributed by atoms with Crippen molar-refractivity contribution in [2.45, 2.75) is 38.4 Å². The maximum absolute atomic E-state index is 6.05. The van der Waals surface area contributed by atoms with Gasteiger partial charge in [0.1, 0.15) is 0 Å². The van der Waals surface area contributed by atoms with Crippen LogP contribution in [-0.4, -0.2) is 28.5 Å². The second-order valence-electron chi connectivity index (χ2n) is 5.71. The van der Waals surface area contributed by atoms with E-state index in [1.807, 2.05) is 12.3 Å². The molecule has 3 rings (SSSR count). The van der Waals surface area contributed by atoms with Crippen LogP contribution in [0.5, 0.6) is 0 Å². The fourth-order valence-electron chi connectivity index (χ4n) is 3.03. The van der Waals surface area contributed by atoms with Gasteiger partial charge in [0.2, 0.25) is 0 Å². The van der Waals surface area contributed by atoms with Crippen molar-refractivity contribution >= 4 is 26.8 Å². The fraction of sp³-hybridized carbons (Fsp3) is 0.438. The molecule has 0 saturated carbocycles. The normalized spacial score (nSPS) is 24.1. The van der Waals surface area contributed by atoms with Crippen LogP contribution in [-0.2, 0) is 6.54 Å². The Balaban J connectivity index is 1.90. The van der Waals surface area contributed by atoms with Crippen molar-refractivity contribution in [3.05, 3.63) is 40.5 Å². The minimum Gasteiger partial charge on any atom is -0.328 e. The average molecular weight is 334 g/mol. The van der Waals surface area contributed by atoms with Gasteiger partial charge in [-0.1, -0.05) is 28.1 Å². The van der Waals surface area contributed by atoms with E-state index in [1.54, 1.807) is 0 Å². The number of rotatable bonds is 2. The van der Waals surface area contributed by atoms with Crippen molar-refractivity contribution in [3.8, 4) is 0 Å². The van der Waals surface area contributed by atoms with Crippen LogP contribution < -0.4 is 5.73 Å². The third-order valence-electron chi connectivity index (χ3n) is 4.23. The smallest absolute Gasteiger partial charge is 0.0758 e. The number of halogens is 1. The number of fused-ring (bicyclic) bond motifs is 1. The maximum Gasteiger partial charge on any atom is 0.0758 e. The largest absolute Gasteiger partial charge is 0.328 e. The van der Waals surface area contributed by atoms with Gasteiger partial charge >= 0.3 is 0 Å². The summed E-state index contributed by atoms with van der Waals surface area (Å²) in [7, 11) is 0. The van der Waals surface area contributed by atoms with Crippen molar-refractivity contribution < 1.29 is 0 Å². The molecule has 2 heterocycles. The molecule has 2 N–H and O–H groups in total. The van der Waals surface area contributed by atoms with E-state index in [-0.39, 0.29) is 0 Å². The Labute approximate surface area is 128 Å². The predicted octanol–water partition coefficient (Wildman–Crippen LogP) is 3.31. The number of piperidine rings is 1. The van der Waals surface area contributed by atoms with Gasteiger partial charge in [-0.25, -0.2) is 0 Å². The van der Waals surface area contributed by atoms with E-state index in [2.05, 4.69) is 50.9 Å². The van der Waals surface area contributed by atoms with Crippen molar-refractivity contribution in [3.63, 3.8) is 0 Å². The average Bonchev–Trinajstić information content (AvgIpc) is 2.45. The molecule has 0 amide bonds. The van der Waals surface area contributed by atoms with E-state index in [9.17, 15) is 0 Å². The first-order valence-electron chi connectivity index (χ1n) is 7.17. The van der Waals surface area contributed by atoms with Crippen LogP contribution in [0.15, 0.2) is 34.9 Å². The van der Waals surface area contributed by atoms with Crippen molar-refractivity contribution in [1.82, 2.24) is 9.88 Å². The van der Waals surface area contributed by atoms with Crippen LogP contribution in [0.1, 0.15) is 25.3 Å². The lowest BCUT2D eigenvalue weighted by atomic mass is 9.98. The Morgan fingerprint density at radius 2 is 2.25 bits per heavy atom. The molecule has 20 heavy (non-hydrogen) atoms. The highest BCUT2D eigenvalue weighted by Crippen LogP contribution is 2.27. The monoisotopic (exact) mass is 333 g/mol. The molecule has 0 spiro atoms. The first-order valence-corrected chi connectivity index (χ1v) is 7.96. The quantitative estimate of drug-likeness (QED) is 0.916. The molecule has 2 atom stereocenters. The van der Waals surface area contributed by atoms with Crippen molar-refractivity contribution in [2.75, 3.05) is 6.54 Å². The molecule has 4 heteroatoms. The molecule has 2 aromatic rings. The van der Waals surface area contributed by atoms with Crippen LogP contribution in [0.2, 0.25) is 0 Å². The summed E-state index contributed by atoms with van der Waals surface area (Å²) in [5.74, 6) is 0. The van der Waals surface area contributed by atoms with Gasteiger partial charge in [-0.2, -0.15) is 0 Å². The summed E-state index contributed by atoms with van der Waals surface area (Å²) in [4.78, 5) is 7.08. The topological polar surface area (TPSA) is 42.1 Å². The zero-order valence-corrected chi connectivity index (χ0v) is 13.3. The van der Waals surface area contributed by atoms with Gasteiger partial charge in [0.05, 0.1) is 5.52 Å². The van der Waals surface area contributed by atoms with Gasteiger partial charge < -0.3 is 5.73 Å². The highest BCUT2D eigenvalue weighted by Gasteiger charge is 2.23. The number of pyridine rings is 1. The lowest BCUT2D eigenvalue weighted by Crippen LogP contribution is -2.45. The molecule has 0 bridgehead atoms. The third-order valence-corrected chi connectivity index (χ3v) is 4.92. The van der Waals surface area contributed by atoms with E-state index in [1.165, 1.54) is 10.9 Å². The second kappa shape index (κ2) is 5.80. The zero-order chi connectivity index (χ0) is 14.1. The molecule has 1 fully saturated rings. The molecule has 106 valence electrons. The SMILES string of the molecule is CC1CC(N)CCN1Cc1ccc(Br)c2cccnc12. The van der Waals surface area contributed by atoms with Gasteiger partial charge in [0.15, 0.2) is 0 Å². The minimum absolute atomic E-state index is 0.362. The number of likely N-dealkylation sites (tertiary alicyclic amines) is 1. The Kier molecular flexibility index (Phi) is 4.06. The highest BCUT2D eigenvalue weighted by atomic mass is 79.9. The Morgan fingerprint density at radius 1 is 1.40 bits per heavy atom. The molecule has 1 aromatic carbocycles. The highest BCUT2D eigenvalue weighted by molar-refractivity contribution is 9.10. The van der Waals surface area contributed by atoms with Crippen LogP contribution in [0.25, 0.3) is 10.9 Å². The van der Waals surface area contributed by atoms with E-state index in [4.69, 9.17) is 5.73 Å². The zero-order valence-electron chi connectivity index (χ0n) is 11.7. The van der Waals surface area contributed by atoms with E-state index in [0.29, 0.717) is 12.1 Å². The van der Waals surface area contributed by atoms with Gasteiger partial charge in [0, 0.05) is 41.2 Å². The number of hydrogen-bond acceptors (Lipinski definition) is 3. The summed E-state index contributed by atoms with van der Waals surface area (Å²) in [6, 6.07) is 9.31. The fourth-order valence-corrected chi connectivity index (χ4v) is 3.49. The molecule has 0 radical (unpaired) electrons. The predicted molar refractivity (Wildman–Crippen MR) is 86.5 cm³/mol. The first kappa shape index (κ1) is 14.0. The summed E-state index contributed by atoms with van der Waals surface area (Å²) < 4.78 is 1.11. The van der Waals surface area contributed by atoms with E-state index >= 15 is 0 Å². The van der Waals surface area contributed by atoms with Crippen LogP contribution in [0, 0.1) is 0 Å². The maximum atomic E-state index is 6.05. The number of hydrogen-bond donors (Lipinski definition) is 1. The summed E-state index contributed by atoms with van der Waals surface area (Å²) in [5, 5.41) is 1.19. The summed E-state index contributed by atoms with van der Waals surface area (Å²) in [6.07, 6.45) is 4.04. The third kappa shape index (κ3) is 2.73. The number of nitrogens with two attached hydrogens (primary N) is 1. The van der Waals surface area contributed by atoms with Gasteiger partial charge in [0.25, 0.3) is 0 Å². The lowest BCUT2D eigenvalue weighted by molar-refractivity contribution is 0.140. The van der Waals surface area contributed by atoms with Gasteiger partial charge in [-0.3, -0.25) is 9.88 Å². The number of nitrogens with zero attached hydrogens (tertiary/aromatic N) is 2. The molecule has 1 saturated heterocycles. The molecule has 2 unspecified atom stereocenters. The Morgan fingerprint density at radius 3 is 3.05 bits per heavy atom. The summed E-state index contributed by atoms with van der Waals surface area (Å²) in [6.45, 7) is 4.30. The lowest BCUT2D eigenvalue weighted by Gasteiger charge is -2.36. The standard InChI is InChI=1S/C16H20BrN3/c1-11-9-13(18)6-8-20(11)10-12-4-5-15(17)14-3-2-7-19-16(12)14/h2-5,7,11,13H,6,8-10,18H2,1H3. The number of aromatic nitrogens is 1. The molecule has 0 aliphatic carbocycles. The summed E-state index contributed by atoms with van der Waals surface area (Å²) in [5.41, 5.74) is 8.44. The second-order valence-corrected chi connectivity index (χ2v) is 6.56. The van der Waals surface area contributed by atoms with E-state index in [0.717, 1.165) is 35.9 Å².